The second-order valence-electron chi connectivity index (χ2n) is 4.12. The molecule has 1 fully saturated rings. The van der Waals surface area contributed by atoms with E-state index in [0.29, 0.717) is 0 Å². The quantitative estimate of drug-likeness (QED) is 0.462. The van der Waals surface area contributed by atoms with Crippen LogP contribution >= 0.6 is 0 Å². The maximum absolute atomic E-state index is 11.7. The van der Waals surface area contributed by atoms with Gasteiger partial charge in [0.2, 0.25) is 21.8 Å². The van der Waals surface area contributed by atoms with Gasteiger partial charge in [0.1, 0.15) is 6.04 Å². The SMILES string of the molecule is COC(=O)CCCS(=O)(=O)NC1CCC(=O)NC1=O. The van der Waals surface area contributed by atoms with Gasteiger partial charge in [-0.1, -0.05) is 0 Å². The molecule has 0 saturated carbocycles. The molecule has 0 bridgehead atoms. The zero-order valence-electron chi connectivity index (χ0n) is 10.5. The van der Waals surface area contributed by atoms with Gasteiger partial charge in [-0.05, 0) is 12.8 Å². The maximum atomic E-state index is 11.7. The van der Waals surface area contributed by atoms with E-state index in [-0.39, 0.29) is 31.4 Å². The fourth-order valence-corrected chi connectivity index (χ4v) is 2.89. The van der Waals surface area contributed by atoms with Crippen LogP contribution in [0.5, 0.6) is 0 Å². The molecule has 9 heteroatoms. The highest BCUT2D eigenvalue weighted by Gasteiger charge is 2.29. The molecule has 1 unspecified atom stereocenters. The Labute approximate surface area is 110 Å². The van der Waals surface area contributed by atoms with Crippen molar-refractivity contribution in [3.63, 3.8) is 0 Å². The van der Waals surface area contributed by atoms with Crippen LogP contribution in [0.15, 0.2) is 0 Å². The molecule has 2 amide bonds. The molecule has 2 N–H and O–H groups in total. The molecule has 0 spiro atoms. The van der Waals surface area contributed by atoms with Crippen molar-refractivity contribution in [2.75, 3.05) is 12.9 Å². The summed E-state index contributed by atoms with van der Waals surface area (Å²) >= 11 is 0. The molecule has 0 aromatic carbocycles. The largest absolute Gasteiger partial charge is 0.469 e. The number of hydrogen-bond donors (Lipinski definition) is 2. The van der Waals surface area contributed by atoms with Crippen LogP contribution in [0.25, 0.3) is 0 Å². The number of methoxy groups -OCH3 is 1. The van der Waals surface area contributed by atoms with Gasteiger partial charge in [-0.25, -0.2) is 13.1 Å². The third-order valence-corrected chi connectivity index (χ3v) is 4.05. The van der Waals surface area contributed by atoms with Gasteiger partial charge in [-0.3, -0.25) is 19.7 Å². The first-order valence-corrected chi connectivity index (χ1v) is 7.40. The summed E-state index contributed by atoms with van der Waals surface area (Å²) < 4.78 is 29.9. The molecule has 1 saturated heterocycles. The van der Waals surface area contributed by atoms with Crippen LogP contribution in [0.3, 0.4) is 0 Å². The normalized spacial score (nSPS) is 19.9. The summed E-state index contributed by atoms with van der Waals surface area (Å²) in [6.07, 6.45) is 0.337. The zero-order chi connectivity index (χ0) is 14.5. The van der Waals surface area contributed by atoms with Crippen molar-refractivity contribution in [1.82, 2.24) is 10.0 Å². The molecule has 8 nitrogen and oxygen atoms in total. The third-order valence-electron chi connectivity index (χ3n) is 2.58. The van der Waals surface area contributed by atoms with Crippen molar-refractivity contribution >= 4 is 27.8 Å². The van der Waals surface area contributed by atoms with E-state index in [0.717, 1.165) is 0 Å². The minimum absolute atomic E-state index is 0.00718. The van der Waals surface area contributed by atoms with Crippen molar-refractivity contribution in [2.45, 2.75) is 31.7 Å². The van der Waals surface area contributed by atoms with Crippen LogP contribution in [0.1, 0.15) is 25.7 Å². The lowest BCUT2D eigenvalue weighted by molar-refractivity contribution is -0.140. The molecule has 0 radical (unpaired) electrons. The number of sulfonamides is 1. The zero-order valence-corrected chi connectivity index (χ0v) is 11.3. The van der Waals surface area contributed by atoms with E-state index >= 15 is 0 Å². The summed E-state index contributed by atoms with van der Waals surface area (Å²) in [5.41, 5.74) is 0. The Balaban J connectivity index is 2.44. The fraction of sp³-hybridized carbons (Fsp3) is 0.700. The van der Waals surface area contributed by atoms with Crippen LogP contribution in [-0.4, -0.2) is 45.1 Å². The van der Waals surface area contributed by atoms with Crippen molar-refractivity contribution in [3.8, 4) is 0 Å². The second kappa shape index (κ2) is 6.62. The van der Waals surface area contributed by atoms with E-state index in [1.54, 1.807) is 0 Å². The molecule has 1 aliphatic rings. The minimum atomic E-state index is -3.67. The Hall–Kier alpha value is -1.48. The summed E-state index contributed by atoms with van der Waals surface area (Å²) in [6.45, 7) is 0. The molecule has 1 rings (SSSR count). The number of carbonyl (C=O) groups is 3. The highest BCUT2D eigenvalue weighted by atomic mass is 32.2. The summed E-state index contributed by atoms with van der Waals surface area (Å²) in [6, 6.07) is -0.930. The van der Waals surface area contributed by atoms with Gasteiger partial charge in [-0.2, -0.15) is 0 Å². The molecule has 1 aliphatic heterocycles. The Morgan fingerprint density at radius 2 is 2.16 bits per heavy atom. The molecule has 19 heavy (non-hydrogen) atoms. The van der Waals surface area contributed by atoms with Crippen molar-refractivity contribution < 1.29 is 27.5 Å². The first-order chi connectivity index (χ1) is 8.84. The summed E-state index contributed by atoms with van der Waals surface area (Å²) in [4.78, 5) is 33.1. The first-order valence-electron chi connectivity index (χ1n) is 5.74. The molecule has 0 aromatic heterocycles. The predicted octanol–water partition coefficient (Wildman–Crippen LogP) is -1.34. The van der Waals surface area contributed by atoms with Crippen LogP contribution in [-0.2, 0) is 29.1 Å². The van der Waals surface area contributed by atoms with E-state index in [1.165, 1.54) is 7.11 Å². The monoisotopic (exact) mass is 292 g/mol. The molecular formula is C10H16N2O6S. The fourth-order valence-electron chi connectivity index (χ4n) is 1.59. The van der Waals surface area contributed by atoms with Gasteiger partial charge in [0, 0.05) is 12.8 Å². The summed E-state index contributed by atoms with van der Waals surface area (Å²) in [7, 11) is -2.44. The minimum Gasteiger partial charge on any atom is -0.469 e. The van der Waals surface area contributed by atoms with Gasteiger partial charge in [0.05, 0.1) is 12.9 Å². The van der Waals surface area contributed by atoms with Gasteiger partial charge in [0.25, 0.3) is 0 Å². The summed E-state index contributed by atoms with van der Waals surface area (Å²) in [5.74, 6) is -1.82. The maximum Gasteiger partial charge on any atom is 0.305 e. The van der Waals surface area contributed by atoms with Crippen molar-refractivity contribution in [2.24, 2.45) is 0 Å². The molecule has 108 valence electrons. The van der Waals surface area contributed by atoms with Gasteiger partial charge in [-0.15, -0.1) is 0 Å². The molecule has 0 aliphatic carbocycles. The van der Waals surface area contributed by atoms with Crippen molar-refractivity contribution in [3.05, 3.63) is 0 Å². The first kappa shape index (κ1) is 15.6. The third kappa shape index (κ3) is 5.35. The van der Waals surface area contributed by atoms with Crippen LogP contribution in [0.2, 0.25) is 0 Å². The standard InChI is InChI=1S/C10H16N2O6S/c1-18-9(14)3-2-6-19(16,17)12-7-4-5-8(13)11-10(7)15/h7,12H,2-6H2,1H3,(H,11,13,15). The lowest BCUT2D eigenvalue weighted by atomic mass is 10.1. The number of carbonyl (C=O) groups excluding carboxylic acids is 3. The second-order valence-corrected chi connectivity index (χ2v) is 5.99. The average molecular weight is 292 g/mol. The Morgan fingerprint density at radius 1 is 1.47 bits per heavy atom. The van der Waals surface area contributed by atoms with Crippen LogP contribution in [0.4, 0.5) is 0 Å². The number of amides is 2. The van der Waals surface area contributed by atoms with E-state index in [1.807, 2.05) is 0 Å². The van der Waals surface area contributed by atoms with Gasteiger partial charge < -0.3 is 4.74 Å². The lowest BCUT2D eigenvalue weighted by Gasteiger charge is -2.21. The van der Waals surface area contributed by atoms with Crippen LogP contribution < -0.4 is 10.0 Å². The number of piperidine rings is 1. The number of ether oxygens (including phenoxy) is 1. The molecule has 1 heterocycles. The number of imide groups is 1. The van der Waals surface area contributed by atoms with Crippen LogP contribution in [0, 0.1) is 0 Å². The number of rotatable bonds is 6. The Bertz CT molecular complexity index is 472. The molecule has 0 aromatic rings. The van der Waals surface area contributed by atoms with E-state index < -0.39 is 33.8 Å². The Kier molecular flexibility index (Phi) is 5.43. The van der Waals surface area contributed by atoms with Gasteiger partial charge in [0.15, 0.2) is 0 Å². The van der Waals surface area contributed by atoms with E-state index in [4.69, 9.17) is 0 Å². The molecular weight excluding hydrogens is 276 g/mol. The number of esters is 1. The van der Waals surface area contributed by atoms with E-state index in [2.05, 4.69) is 14.8 Å². The lowest BCUT2D eigenvalue weighted by Crippen LogP contribution is -2.52. The number of nitrogens with one attached hydrogen (secondary N) is 2. The van der Waals surface area contributed by atoms with Gasteiger partial charge >= 0.3 is 5.97 Å². The highest BCUT2D eigenvalue weighted by Crippen LogP contribution is 2.06. The summed E-state index contributed by atoms with van der Waals surface area (Å²) in [5, 5.41) is 2.06. The predicted molar refractivity (Wildman–Crippen MR) is 64.3 cm³/mol. The van der Waals surface area contributed by atoms with Crippen molar-refractivity contribution in [1.29, 1.82) is 0 Å². The smallest absolute Gasteiger partial charge is 0.305 e. The Morgan fingerprint density at radius 3 is 2.74 bits per heavy atom. The topological polar surface area (TPSA) is 119 Å². The molecule has 1 atom stereocenters. The average Bonchev–Trinajstić information content (AvgIpc) is 2.32. The highest BCUT2D eigenvalue weighted by molar-refractivity contribution is 7.89. The number of hydrogen-bond acceptors (Lipinski definition) is 6. The van der Waals surface area contributed by atoms with E-state index in [9.17, 15) is 22.8 Å².